The molecule has 2 heteroatoms. The van der Waals surface area contributed by atoms with Gasteiger partial charge in [0.05, 0.1) is 5.60 Å². The Labute approximate surface area is 143 Å². The van der Waals surface area contributed by atoms with Crippen LogP contribution < -0.4 is 0 Å². The number of ether oxygens (including phenoxy) is 1. The summed E-state index contributed by atoms with van der Waals surface area (Å²) in [4.78, 5) is 0. The molecule has 0 spiro atoms. The van der Waals surface area contributed by atoms with Crippen LogP contribution in [0.1, 0.15) is 91.9 Å². The molecule has 2 aliphatic carbocycles. The van der Waals surface area contributed by atoms with Gasteiger partial charge >= 0.3 is 0 Å². The molecular weight excluding hydrogens is 287 g/mol. The summed E-state index contributed by atoms with van der Waals surface area (Å²) < 4.78 is 19.8. The van der Waals surface area contributed by atoms with Crippen LogP contribution in [0.4, 0.5) is 4.39 Å². The fraction of sp³-hybridized carbons (Fsp3) is 0.905. The molecule has 0 bridgehead atoms. The average Bonchev–Trinajstić information content (AvgIpc) is 2.46. The molecule has 0 aliphatic heterocycles. The molecule has 1 nitrogen and oxygen atoms in total. The molecule has 1 saturated carbocycles. The van der Waals surface area contributed by atoms with E-state index in [1.165, 1.54) is 44.9 Å². The lowest BCUT2D eigenvalue weighted by Gasteiger charge is -2.48. The van der Waals surface area contributed by atoms with Crippen molar-refractivity contribution in [3.63, 3.8) is 0 Å². The minimum atomic E-state index is -0.371. The van der Waals surface area contributed by atoms with Gasteiger partial charge in [-0.05, 0) is 75.7 Å². The number of hydrogen-bond donors (Lipinski definition) is 0. The van der Waals surface area contributed by atoms with Crippen LogP contribution in [-0.4, -0.2) is 12.2 Å². The van der Waals surface area contributed by atoms with E-state index in [9.17, 15) is 4.39 Å². The predicted molar refractivity (Wildman–Crippen MR) is 96.2 cm³/mol. The van der Waals surface area contributed by atoms with Crippen molar-refractivity contribution in [2.24, 2.45) is 17.3 Å². The van der Waals surface area contributed by atoms with Crippen LogP contribution in [0.5, 0.6) is 0 Å². The molecule has 0 saturated heterocycles. The van der Waals surface area contributed by atoms with Crippen LogP contribution in [-0.2, 0) is 4.74 Å². The Morgan fingerprint density at radius 1 is 1.22 bits per heavy atom. The first-order valence-electron chi connectivity index (χ1n) is 9.94. The molecular formula is C21H37FO. The molecule has 0 radical (unpaired) electrons. The van der Waals surface area contributed by atoms with Crippen molar-refractivity contribution in [2.45, 2.75) is 97.5 Å². The van der Waals surface area contributed by atoms with E-state index in [2.05, 4.69) is 13.8 Å². The third kappa shape index (κ3) is 5.05. The fourth-order valence-corrected chi connectivity index (χ4v) is 4.90. The van der Waals surface area contributed by atoms with Crippen molar-refractivity contribution < 1.29 is 9.13 Å². The van der Waals surface area contributed by atoms with E-state index in [4.69, 9.17) is 4.74 Å². The molecule has 23 heavy (non-hydrogen) atoms. The molecule has 0 aromatic carbocycles. The van der Waals surface area contributed by atoms with E-state index in [1.54, 1.807) is 6.08 Å². The highest BCUT2D eigenvalue weighted by molar-refractivity contribution is 5.11. The Bertz CT molecular complexity index is 389. The number of halogens is 1. The van der Waals surface area contributed by atoms with E-state index in [0.29, 0.717) is 5.41 Å². The summed E-state index contributed by atoms with van der Waals surface area (Å²) in [5.74, 6) is 0.997. The first kappa shape index (κ1) is 19.0. The summed E-state index contributed by atoms with van der Waals surface area (Å²) in [7, 11) is 0. The molecule has 0 heterocycles. The maximum Gasteiger partial charge on any atom is 0.102 e. The summed E-state index contributed by atoms with van der Waals surface area (Å²) in [6.45, 7) is 9.41. The Hall–Kier alpha value is -0.370. The molecule has 0 aromatic rings. The molecule has 1 fully saturated rings. The van der Waals surface area contributed by atoms with Crippen molar-refractivity contribution in [3.8, 4) is 0 Å². The van der Waals surface area contributed by atoms with Gasteiger partial charge in [-0.1, -0.05) is 33.6 Å². The number of rotatable bonds is 9. The lowest BCUT2D eigenvalue weighted by molar-refractivity contribution is -0.0229. The van der Waals surface area contributed by atoms with Gasteiger partial charge in [-0.25, -0.2) is 4.39 Å². The standard InChI is InChI=1S/C21H37FO/c1-5-10-21(11-6-2)14-18(15-21)8-7-13-23-20(4)12-9-17(3)19(22)16-20/h16-18H,5-15H2,1-4H3/t17?,20-/m1/s1. The molecule has 134 valence electrons. The maximum absolute atomic E-state index is 13.8. The topological polar surface area (TPSA) is 9.23 Å². The van der Waals surface area contributed by atoms with Crippen LogP contribution in [0.2, 0.25) is 0 Å². The Kier molecular flexibility index (Phi) is 6.71. The van der Waals surface area contributed by atoms with Gasteiger partial charge in [-0.2, -0.15) is 0 Å². The second-order valence-corrected chi connectivity index (χ2v) is 8.55. The lowest BCUT2D eigenvalue weighted by Crippen LogP contribution is -2.37. The van der Waals surface area contributed by atoms with Gasteiger partial charge in [-0.3, -0.25) is 0 Å². The normalized spacial score (nSPS) is 30.8. The third-order valence-electron chi connectivity index (χ3n) is 6.18. The van der Waals surface area contributed by atoms with Crippen LogP contribution in [0.3, 0.4) is 0 Å². The van der Waals surface area contributed by atoms with Crippen molar-refractivity contribution >= 4 is 0 Å². The van der Waals surface area contributed by atoms with E-state index in [-0.39, 0.29) is 17.3 Å². The molecule has 0 amide bonds. The van der Waals surface area contributed by atoms with Crippen molar-refractivity contribution in [1.29, 1.82) is 0 Å². The van der Waals surface area contributed by atoms with Crippen LogP contribution in [0.25, 0.3) is 0 Å². The van der Waals surface area contributed by atoms with Crippen LogP contribution in [0.15, 0.2) is 11.9 Å². The van der Waals surface area contributed by atoms with E-state index < -0.39 is 0 Å². The first-order valence-corrected chi connectivity index (χ1v) is 9.94. The van der Waals surface area contributed by atoms with Gasteiger partial charge in [0.25, 0.3) is 0 Å². The molecule has 0 aromatic heterocycles. The Morgan fingerprint density at radius 2 is 1.87 bits per heavy atom. The zero-order chi connectivity index (χ0) is 16.9. The molecule has 2 atom stereocenters. The van der Waals surface area contributed by atoms with Crippen molar-refractivity contribution in [3.05, 3.63) is 11.9 Å². The van der Waals surface area contributed by atoms with Gasteiger partial charge in [0, 0.05) is 12.5 Å². The molecule has 0 N–H and O–H groups in total. The van der Waals surface area contributed by atoms with Crippen LogP contribution >= 0.6 is 0 Å². The van der Waals surface area contributed by atoms with Gasteiger partial charge in [0.15, 0.2) is 0 Å². The highest BCUT2D eigenvalue weighted by Crippen LogP contribution is 2.53. The van der Waals surface area contributed by atoms with Gasteiger partial charge < -0.3 is 4.74 Å². The Balaban J connectivity index is 1.65. The fourth-order valence-electron chi connectivity index (χ4n) is 4.90. The quantitative estimate of drug-likeness (QED) is 0.423. The summed E-state index contributed by atoms with van der Waals surface area (Å²) in [5.41, 5.74) is 0.302. The monoisotopic (exact) mass is 324 g/mol. The smallest absolute Gasteiger partial charge is 0.102 e. The van der Waals surface area contributed by atoms with Gasteiger partial charge in [-0.15, -0.1) is 0 Å². The second-order valence-electron chi connectivity index (χ2n) is 8.55. The number of hydrogen-bond acceptors (Lipinski definition) is 1. The molecule has 1 unspecified atom stereocenters. The summed E-state index contributed by atoms with van der Waals surface area (Å²) in [5, 5.41) is 0. The average molecular weight is 325 g/mol. The van der Waals surface area contributed by atoms with E-state index >= 15 is 0 Å². The minimum Gasteiger partial charge on any atom is -0.371 e. The highest BCUT2D eigenvalue weighted by Gasteiger charge is 2.41. The zero-order valence-electron chi connectivity index (χ0n) is 15.8. The predicted octanol–water partition coefficient (Wildman–Crippen LogP) is 6.82. The minimum absolute atomic E-state index is 0.0154. The second kappa shape index (κ2) is 8.14. The summed E-state index contributed by atoms with van der Waals surface area (Å²) in [6.07, 6.45) is 14.3. The van der Waals surface area contributed by atoms with Gasteiger partial charge in [0.2, 0.25) is 0 Å². The summed E-state index contributed by atoms with van der Waals surface area (Å²) in [6, 6.07) is 0. The lowest BCUT2D eigenvalue weighted by atomic mass is 9.57. The largest absolute Gasteiger partial charge is 0.371 e. The van der Waals surface area contributed by atoms with E-state index in [0.717, 1.165) is 31.8 Å². The van der Waals surface area contributed by atoms with Crippen LogP contribution in [0, 0.1) is 17.3 Å². The van der Waals surface area contributed by atoms with E-state index in [1.807, 2.05) is 13.8 Å². The zero-order valence-corrected chi connectivity index (χ0v) is 15.8. The molecule has 2 aliphatic rings. The SMILES string of the molecule is CCCC1(CCC)CC(CCCO[C@@]2(C)C=C(F)C(C)CC2)C1. The number of allylic oxidation sites excluding steroid dienone is 1. The highest BCUT2D eigenvalue weighted by atomic mass is 19.1. The maximum atomic E-state index is 13.8. The first-order chi connectivity index (χ1) is 10.9. The van der Waals surface area contributed by atoms with Crippen molar-refractivity contribution in [2.75, 3.05) is 6.61 Å². The summed E-state index contributed by atoms with van der Waals surface area (Å²) >= 11 is 0. The third-order valence-corrected chi connectivity index (χ3v) is 6.18. The Morgan fingerprint density at radius 3 is 2.43 bits per heavy atom. The molecule has 2 rings (SSSR count). The van der Waals surface area contributed by atoms with Crippen molar-refractivity contribution in [1.82, 2.24) is 0 Å². The van der Waals surface area contributed by atoms with Gasteiger partial charge in [0.1, 0.15) is 5.83 Å².